The monoisotopic (exact) mass is 374 g/mol. The zero-order valence-corrected chi connectivity index (χ0v) is 16.5. The second kappa shape index (κ2) is 8.47. The molecule has 0 saturated carbocycles. The van der Waals surface area contributed by atoms with Gasteiger partial charge in [-0.15, -0.1) is 0 Å². The molecule has 0 aliphatic rings. The second-order valence-electron chi connectivity index (χ2n) is 6.66. The maximum atomic E-state index is 12.4. The predicted molar refractivity (Wildman–Crippen MR) is 104 cm³/mol. The molecular weight excluding hydrogens is 348 g/mol. The van der Waals surface area contributed by atoms with Crippen molar-refractivity contribution < 1.29 is 13.2 Å². The van der Waals surface area contributed by atoms with Gasteiger partial charge in [0.05, 0.1) is 18.8 Å². The standard InChI is InChI=1S/C20H26N2O3S/c1-15-9-11-18(12-10-15)13-22(26(4,24)25)14-20(23)21-17(3)19-8-6-5-7-16(19)2/h5-12,17H,13-14H2,1-4H3,(H,21,23)/t17-/m0/s1. The average molecular weight is 375 g/mol. The number of hydrogen-bond acceptors (Lipinski definition) is 3. The Balaban J connectivity index is 2.07. The van der Waals surface area contributed by atoms with Crippen molar-refractivity contribution in [3.05, 3.63) is 70.8 Å². The first-order chi connectivity index (χ1) is 12.2. The molecule has 2 aromatic carbocycles. The van der Waals surface area contributed by atoms with Gasteiger partial charge in [-0.1, -0.05) is 54.1 Å². The van der Waals surface area contributed by atoms with E-state index < -0.39 is 10.0 Å². The molecule has 2 aromatic rings. The first-order valence-corrected chi connectivity index (χ1v) is 10.4. The van der Waals surface area contributed by atoms with E-state index in [0.717, 1.165) is 28.5 Å². The van der Waals surface area contributed by atoms with Crippen LogP contribution in [0.5, 0.6) is 0 Å². The summed E-state index contributed by atoms with van der Waals surface area (Å²) in [6.07, 6.45) is 1.12. The Labute approximate surface area is 156 Å². The predicted octanol–water partition coefficient (Wildman–Crippen LogP) is 2.94. The van der Waals surface area contributed by atoms with Gasteiger partial charge < -0.3 is 5.32 Å². The van der Waals surface area contributed by atoms with Crippen LogP contribution >= 0.6 is 0 Å². The molecule has 1 atom stereocenters. The molecule has 1 N–H and O–H groups in total. The van der Waals surface area contributed by atoms with E-state index in [9.17, 15) is 13.2 Å². The molecule has 0 radical (unpaired) electrons. The number of carbonyl (C=O) groups is 1. The summed E-state index contributed by atoms with van der Waals surface area (Å²) in [5.41, 5.74) is 4.05. The van der Waals surface area contributed by atoms with Gasteiger partial charge in [0, 0.05) is 6.54 Å². The molecule has 1 amide bonds. The van der Waals surface area contributed by atoms with Gasteiger partial charge in [0.25, 0.3) is 0 Å². The zero-order valence-electron chi connectivity index (χ0n) is 15.7. The van der Waals surface area contributed by atoms with Crippen LogP contribution in [0.2, 0.25) is 0 Å². The second-order valence-corrected chi connectivity index (χ2v) is 8.64. The van der Waals surface area contributed by atoms with E-state index in [2.05, 4.69) is 5.32 Å². The van der Waals surface area contributed by atoms with Gasteiger partial charge in [-0.25, -0.2) is 8.42 Å². The Morgan fingerprint density at radius 1 is 1.08 bits per heavy atom. The number of benzene rings is 2. The number of nitrogens with zero attached hydrogens (tertiary/aromatic N) is 1. The highest BCUT2D eigenvalue weighted by Gasteiger charge is 2.22. The van der Waals surface area contributed by atoms with Crippen LogP contribution in [0.1, 0.15) is 35.2 Å². The van der Waals surface area contributed by atoms with Gasteiger partial charge in [-0.05, 0) is 37.5 Å². The molecule has 0 aliphatic heterocycles. The van der Waals surface area contributed by atoms with E-state index in [4.69, 9.17) is 0 Å². The lowest BCUT2D eigenvalue weighted by atomic mass is 10.0. The Bertz CT molecular complexity index is 861. The summed E-state index contributed by atoms with van der Waals surface area (Å²) in [5.74, 6) is -0.321. The van der Waals surface area contributed by atoms with Crippen molar-refractivity contribution in [3.8, 4) is 0 Å². The molecule has 6 heteroatoms. The van der Waals surface area contributed by atoms with Crippen LogP contribution in [0.25, 0.3) is 0 Å². The minimum absolute atomic E-state index is 0.172. The molecule has 0 aliphatic carbocycles. The molecule has 0 unspecified atom stereocenters. The lowest BCUT2D eigenvalue weighted by Crippen LogP contribution is -2.40. The van der Waals surface area contributed by atoms with E-state index in [1.54, 1.807) is 0 Å². The summed E-state index contributed by atoms with van der Waals surface area (Å²) in [6, 6.07) is 15.2. The van der Waals surface area contributed by atoms with Crippen LogP contribution in [0.3, 0.4) is 0 Å². The van der Waals surface area contributed by atoms with Crippen LogP contribution in [0, 0.1) is 13.8 Å². The molecule has 140 valence electrons. The van der Waals surface area contributed by atoms with Crippen molar-refractivity contribution >= 4 is 15.9 Å². The van der Waals surface area contributed by atoms with E-state index >= 15 is 0 Å². The Hall–Kier alpha value is -2.18. The van der Waals surface area contributed by atoms with Crippen LogP contribution in [0.15, 0.2) is 48.5 Å². The highest BCUT2D eigenvalue weighted by atomic mass is 32.2. The highest BCUT2D eigenvalue weighted by Crippen LogP contribution is 2.17. The number of carbonyl (C=O) groups excluding carboxylic acids is 1. The first kappa shape index (κ1) is 20.1. The van der Waals surface area contributed by atoms with Gasteiger partial charge in [0.1, 0.15) is 0 Å². The topological polar surface area (TPSA) is 66.5 Å². The van der Waals surface area contributed by atoms with Crippen LogP contribution in [-0.2, 0) is 21.4 Å². The molecule has 0 aromatic heterocycles. The van der Waals surface area contributed by atoms with Crippen molar-refractivity contribution in [2.24, 2.45) is 0 Å². The normalized spacial score (nSPS) is 12.8. The number of amides is 1. The fraction of sp³-hybridized carbons (Fsp3) is 0.350. The van der Waals surface area contributed by atoms with Crippen molar-refractivity contribution in [2.45, 2.75) is 33.4 Å². The van der Waals surface area contributed by atoms with Crippen LogP contribution in [0.4, 0.5) is 0 Å². The molecule has 0 heterocycles. The van der Waals surface area contributed by atoms with Crippen molar-refractivity contribution in [2.75, 3.05) is 12.8 Å². The molecule has 0 saturated heterocycles. The van der Waals surface area contributed by atoms with Gasteiger partial charge in [0.2, 0.25) is 15.9 Å². The van der Waals surface area contributed by atoms with E-state index in [-0.39, 0.29) is 25.0 Å². The van der Waals surface area contributed by atoms with Crippen molar-refractivity contribution in [1.29, 1.82) is 0 Å². The summed E-state index contributed by atoms with van der Waals surface area (Å²) in [7, 11) is -3.50. The summed E-state index contributed by atoms with van der Waals surface area (Å²) < 4.78 is 25.4. The van der Waals surface area contributed by atoms with Gasteiger partial charge in [0.15, 0.2) is 0 Å². The van der Waals surface area contributed by atoms with Gasteiger partial charge >= 0.3 is 0 Å². The largest absolute Gasteiger partial charge is 0.348 e. The summed E-state index contributed by atoms with van der Waals surface area (Å²) in [4.78, 5) is 12.4. The quantitative estimate of drug-likeness (QED) is 0.810. The maximum absolute atomic E-state index is 12.4. The first-order valence-electron chi connectivity index (χ1n) is 8.52. The highest BCUT2D eigenvalue weighted by molar-refractivity contribution is 7.88. The summed E-state index contributed by atoms with van der Waals surface area (Å²) in [5, 5.41) is 2.89. The van der Waals surface area contributed by atoms with Gasteiger partial charge in [-0.3, -0.25) is 4.79 Å². The smallest absolute Gasteiger partial charge is 0.235 e. The van der Waals surface area contributed by atoms with Crippen LogP contribution in [-0.4, -0.2) is 31.4 Å². The third kappa shape index (κ3) is 5.68. The molecule has 0 bridgehead atoms. The number of rotatable bonds is 7. The molecule has 2 rings (SSSR count). The SMILES string of the molecule is Cc1ccc(CN(CC(=O)N[C@@H](C)c2ccccc2C)S(C)(=O)=O)cc1. The Morgan fingerprint density at radius 2 is 1.69 bits per heavy atom. The molecule has 5 nitrogen and oxygen atoms in total. The molecular formula is C20H26N2O3S. The molecule has 0 fully saturated rings. The fourth-order valence-corrected chi connectivity index (χ4v) is 3.52. The maximum Gasteiger partial charge on any atom is 0.235 e. The van der Waals surface area contributed by atoms with Crippen LogP contribution < -0.4 is 5.32 Å². The third-order valence-corrected chi connectivity index (χ3v) is 5.50. The number of hydrogen-bond donors (Lipinski definition) is 1. The van der Waals surface area contributed by atoms with Gasteiger partial charge in [-0.2, -0.15) is 4.31 Å². The summed E-state index contributed by atoms with van der Waals surface area (Å²) in [6.45, 7) is 5.82. The average Bonchev–Trinajstić information content (AvgIpc) is 2.55. The number of aryl methyl sites for hydroxylation is 2. The molecule has 26 heavy (non-hydrogen) atoms. The fourth-order valence-electron chi connectivity index (χ4n) is 2.79. The lowest BCUT2D eigenvalue weighted by Gasteiger charge is -2.22. The minimum Gasteiger partial charge on any atom is -0.348 e. The Morgan fingerprint density at radius 3 is 2.27 bits per heavy atom. The zero-order chi connectivity index (χ0) is 19.3. The van der Waals surface area contributed by atoms with Crippen molar-refractivity contribution in [3.63, 3.8) is 0 Å². The van der Waals surface area contributed by atoms with Crippen molar-refractivity contribution in [1.82, 2.24) is 9.62 Å². The summed E-state index contributed by atoms with van der Waals surface area (Å²) >= 11 is 0. The lowest BCUT2D eigenvalue weighted by molar-refractivity contribution is -0.122. The Kier molecular flexibility index (Phi) is 6.56. The number of nitrogens with one attached hydrogen (secondary N) is 1. The van der Waals surface area contributed by atoms with E-state index in [1.165, 1.54) is 4.31 Å². The van der Waals surface area contributed by atoms with E-state index in [1.807, 2.05) is 69.3 Å². The minimum atomic E-state index is -3.50. The number of sulfonamides is 1. The molecule has 0 spiro atoms. The third-order valence-electron chi connectivity index (χ3n) is 4.30. The van der Waals surface area contributed by atoms with E-state index in [0.29, 0.717) is 0 Å².